The molecule has 0 atom stereocenters. The molecule has 2 aromatic heterocycles. The number of anilines is 3. The van der Waals surface area contributed by atoms with Crippen LogP contribution in [0.2, 0.25) is 5.02 Å². The monoisotopic (exact) mass is 465 g/mol. The number of alkyl carbamates (subject to hydrolysis) is 1. The van der Waals surface area contributed by atoms with Crippen molar-refractivity contribution in [1.82, 2.24) is 20.3 Å². The van der Waals surface area contributed by atoms with Crippen molar-refractivity contribution in [1.29, 1.82) is 0 Å². The summed E-state index contributed by atoms with van der Waals surface area (Å²) in [6.45, 7) is 8.98. The lowest BCUT2D eigenvalue weighted by molar-refractivity contribution is 0.0448. The number of pyridine rings is 1. The lowest BCUT2D eigenvalue weighted by Crippen LogP contribution is -2.54. The molecule has 0 bridgehead atoms. The van der Waals surface area contributed by atoms with Gasteiger partial charge in [-0.3, -0.25) is 0 Å². The quantitative estimate of drug-likeness (QED) is 0.617. The highest BCUT2D eigenvalue weighted by atomic mass is 35.5. The largest absolute Gasteiger partial charge is 0.444 e. The molecular formula is C20H28ClN7O2S. The highest BCUT2D eigenvalue weighted by Gasteiger charge is 2.33. The number of rotatable bonds is 4. The Kier molecular flexibility index (Phi) is 6.70. The number of halogens is 1. The van der Waals surface area contributed by atoms with Crippen LogP contribution in [0.3, 0.4) is 0 Å². The first-order valence-electron chi connectivity index (χ1n) is 9.92. The van der Waals surface area contributed by atoms with E-state index in [0.29, 0.717) is 39.7 Å². The van der Waals surface area contributed by atoms with E-state index in [1.807, 2.05) is 27.7 Å². The molecule has 9 nitrogen and oxygen atoms in total. The molecule has 0 unspecified atom stereocenters. The predicted octanol–water partition coefficient (Wildman–Crippen LogP) is 3.72. The third kappa shape index (κ3) is 6.04. The Hall–Kier alpha value is -2.46. The number of carbonyl (C=O) groups is 1. The Labute approximate surface area is 191 Å². The van der Waals surface area contributed by atoms with Crippen LogP contribution in [0.4, 0.5) is 22.2 Å². The SMILES string of the molecule is CC1(NC(=O)OC(C)(C)C)CCN(c2cnc(Sc3ccnc(N)c3Cl)c(N)n2)CC1. The molecule has 3 rings (SSSR count). The van der Waals surface area contributed by atoms with E-state index in [9.17, 15) is 4.79 Å². The molecule has 1 amide bonds. The summed E-state index contributed by atoms with van der Waals surface area (Å²) in [6.07, 6.45) is 4.37. The number of amides is 1. The summed E-state index contributed by atoms with van der Waals surface area (Å²) in [7, 11) is 0. The molecule has 0 radical (unpaired) electrons. The summed E-state index contributed by atoms with van der Waals surface area (Å²) in [4.78, 5) is 27.9. The van der Waals surface area contributed by atoms with Gasteiger partial charge in [0.05, 0.1) is 11.2 Å². The van der Waals surface area contributed by atoms with Crippen molar-refractivity contribution in [2.75, 3.05) is 29.5 Å². The van der Waals surface area contributed by atoms with Crippen molar-refractivity contribution in [3.63, 3.8) is 0 Å². The van der Waals surface area contributed by atoms with Crippen LogP contribution >= 0.6 is 23.4 Å². The molecule has 1 fully saturated rings. The fraction of sp³-hybridized carbons (Fsp3) is 0.500. The van der Waals surface area contributed by atoms with Crippen LogP contribution < -0.4 is 21.7 Å². The maximum Gasteiger partial charge on any atom is 0.408 e. The van der Waals surface area contributed by atoms with Crippen LogP contribution in [0.1, 0.15) is 40.5 Å². The molecular weight excluding hydrogens is 438 g/mol. The first-order chi connectivity index (χ1) is 14.5. The molecule has 1 saturated heterocycles. The van der Waals surface area contributed by atoms with Gasteiger partial charge < -0.3 is 26.4 Å². The average molecular weight is 466 g/mol. The normalized spacial score (nSPS) is 16.1. The van der Waals surface area contributed by atoms with Gasteiger partial charge in [0, 0.05) is 29.7 Å². The van der Waals surface area contributed by atoms with Crippen LogP contribution in [0.15, 0.2) is 28.4 Å². The van der Waals surface area contributed by atoms with E-state index in [-0.39, 0.29) is 11.4 Å². The number of ether oxygens (including phenoxy) is 1. The molecule has 0 saturated carbocycles. The van der Waals surface area contributed by atoms with E-state index in [1.54, 1.807) is 18.5 Å². The predicted molar refractivity (Wildman–Crippen MR) is 123 cm³/mol. The molecule has 5 N–H and O–H groups in total. The third-order valence-electron chi connectivity index (χ3n) is 4.83. The number of nitrogens with one attached hydrogen (secondary N) is 1. The van der Waals surface area contributed by atoms with Crippen LogP contribution in [-0.2, 0) is 4.74 Å². The van der Waals surface area contributed by atoms with Crippen molar-refractivity contribution < 1.29 is 9.53 Å². The molecule has 0 aromatic carbocycles. The van der Waals surface area contributed by atoms with Gasteiger partial charge in [-0.25, -0.2) is 19.7 Å². The number of nitrogens with zero attached hydrogens (tertiary/aromatic N) is 4. The summed E-state index contributed by atoms with van der Waals surface area (Å²) in [5.74, 6) is 1.27. The Morgan fingerprint density at radius 3 is 2.55 bits per heavy atom. The Balaban J connectivity index is 1.63. The van der Waals surface area contributed by atoms with Gasteiger partial charge in [-0.2, -0.15) is 0 Å². The maximum absolute atomic E-state index is 12.2. The second kappa shape index (κ2) is 8.96. The van der Waals surface area contributed by atoms with E-state index < -0.39 is 11.7 Å². The zero-order valence-corrected chi connectivity index (χ0v) is 19.7. The van der Waals surface area contributed by atoms with Crippen LogP contribution in [-0.4, -0.2) is 45.3 Å². The van der Waals surface area contributed by atoms with Crippen LogP contribution in [0, 0.1) is 0 Å². The fourth-order valence-electron chi connectivity index (χ4n) is 3.14. The van der Waals surface area contributed by atoms with Crippen molar-refractivity contribution >= 4 is 46.9 Å². The minimum atomic E-state index is -0.528. The van der Waals surface area contributed by atoms with Gasteiger partial charge in [0.2, 0.25) is 0 Å². The molecule has 3 heterocycles. The van der Waals surface area contributed by atoms with Gasteiger partial charge in [0.1, 0.15) is 22.3 Å². The highest BCUT2D eigenvalue weighted by molar-refractivity contribution is 7.99. The zero-order valence-electron chi connectivity index (χ0n) is 18.1. The number of hydrogen-bond acceptors (Lipinski definition) is 9. The summed E-state index contributed by atoms with van der Waals surface area (Å²) >= 11 is 7.49. The number of nitrogens with two attached hydrogens (primary N) is 2. The van der Waals surface area contributed by atoms with Crippen molar-refractivity contribution in [2.24, 2.45) is 0 Å². The van der Waals surface area contributed by atoms with Gasteiger partial charge >= 0.3 is 6.09 Å². The Bertz CT molecular complexity index is 959. The van der Waals surface area contributed by atoms with Crippen molar-refractivity contribution in [3.05, 3.63) is 23.5 Å². The van der Waals surface area contributed by atoms with Crippen LogP contribution in [0.5, 0.6) is 0 Å². The molecule has 2 aromatic rings. The summed E-state index contributed by atoms with van der Waals surface area (Å²) in [5, 5.41) is 3.91. The van der Waals surface area contributed by atoms with Crippen LogP contribution in [0.25, 0.3) is 0 Å². The highest BCUT2D eigenvalue weighted by Crippen LogP contribution is 2.37. The van der Waals surface area contributed by atoms with E-state index in [0.717, 1.165) is 12.8 Å². The van der Waals surface area contributed by atoms with Gasteiger partial charge in [-0.1, -0.05) is 23.4 Å². The number of piperidine rings is 1. The van der Waals surface area contributed by atoms with Crippen molar-refractivity contribution in [2.45, 2.75) is 61.6 Å². The maximum atomic E-state index is 12.2. The van der Waals surface area contributed by atoms with E-state index >= 15 is 0 Å². The summed E-state index contributed by atoms with van der Waals surface area (Å²) < 4.78 is 5.38. The molecule has 11 heteroatoms. The second-order valence-corrected chi connectivity index (χ2v) is 10.1. The van der Waals surface area contributed by atoms with E-state index in [1.165, 1.54) is 11.8 Å². The van der Waals surface area contributed by atoms with E-state index in [4.69, 9.17) is 27.8 Å². The second-order valence-electron chi connectivity index (χ2n) is 8.70. The molecule has 31 heavy (non-hydrogen) atoms. The van der Waals surface area contributed by atoms with Gasteiger partial charge in [-0.15, -0.1) is 0 Å². The first-order valence-corrected chi connectivity index (χ1v) is 11.1. The topological polar surface area (TPSA) is 132 Å². The molecule has 168 valence electrons. The Morgan fingerprint density at radius 2 is 1.94 bits per heavy atom. The standard InChI is InChI=1S/C20H28ClN7O2S/c1-19(2,3)30-18(29)27-20(4)6-9-28(10-7-20)13-11-25-17(16(23)26-13)31-12-5-8-24-15(22)14(12)21/h5,8,11H,6-7,9-10H2,1-4H3,(H2,22,24)(H2,23,26)(H,27,29). The molecule has 1 aliphatic rings. The Morgan fingerprint density at radius 1 is 1.26 bits per heavy atom. The summed E-state index contributed by atoms with van der Waals surface area (Å²) in [5.41, 5.74) is 11.0. The van der Waals surface area contributed by atoms with Crippen molar-refractivity contribution in [3.8, 4) is 0 Å². The minimum absolute atomic E-state index is 0.256. The minimum Gasteiger partial charge on any atom is -0.444 e. The molecule has 0 aliphatic carbocycles. The summed E-state index contributed by atoms with van der Waals surface area (Å²) in [6, 6.07) is 1.75. The molecule has 0 spiro atoms. The van der Waals surface area contributed by atoms with Gasteiger partial charge in [-0.05, 0) is 46.6 Å². The first kappa shape index (κ1) is 23.2. The number of aromatic nitrogens is 3. The third-order valence-corrected chi connectivity index (χ3v) is 6.41. The number of nitrogen functional groups attached to an aromatic ring is 2. The average Bonchev–Trinajstić information content (AvgIpc) is 2.65. The number of hydrogen-bond donors (Lipinski definition) is 3. The lowest BCUT2D eigenvalue weighted by atomic mass is 9.90. The smallest absolute Gasteiger partial charge is 0.408 e. The number of carbonyl (C=O) groups excluding carboxylic acids is 1. The van der Waals surface area contributed by atoms with Gasteiger partial charge in [0.25, 0.3) is 0 Å². The van der Waals surface area contributed by atoms with Gasteiger partial charge in [0.15, 0.2) is 5.82 Å². The zero-order chi connectivity index (χ0) is 22.8. The lowest BCUT2D eigenvalue weighted by Gasteiger charge is -2.40. The fourth-order valence-corrected chi connectivity index (χ4v) is 4.16. The molecule has 1 aliphatic heterocycles. The van der Waals surface area contributed by atoms with E-state index in [2.05, 4.69) is 25.2 Å².